The molecular formula is C24H21N5OS. The lowest BCUT2D eigenvalue weighted by Crippen LogP contribution is -2.17. The van der Waals surface area contributed by atoms with Crippen LogP contribution in [0.5, 0.6) is 0 Å². The second-order valence-corrected chi connectivity index (χ2v) is 9.09. The fourth-order valence-corrected chi connectivity index (χ4v) is 5.65. The van der Waals surface area contributed by atoms with Gasteiger partial charge in [-0.05, 0) is 68.0 Å². The monoisotopic (exact) mass is 427 g/mol. The summed E-state index contributed by atoms with van der Waals surface area (Å²) in [6.07, 6.45) is 4.29. The summed E-state index contributed by atoms with van der Waals surface area (Å²) in [4.78, 5) is 20.6. The Bertz CT molecular complexity index is 1500. The Labute approximate surface area is 182 Å². The van der Waals surface area contributed by atoms with E-state index >= 15 is 0 Å². The van der Waals surface area contributed by atoms with Gasteiger partial charge in [-0.3, -0.25) is 4.79 Å². The van der Waals surface area contributed by atoms with Gasteiger partial charge in [-0.2, -0.15) is 4.52 Å². The average Bonchev–Trinajstić information content (AvgIpc) is 3.33. The number of nitrogens with one attached hydrogen (secondary N) is 1. The van der Waals surface area contributed by atoms with Crippen LogP contribution in [-0.2, 0) is 12.8 Å². The quantitative estimate of drug-likeness (QED) is 0.439. The summed E-state index contributed by atoms with van der Waals surface area (Å²) in [5.41, 5.74) is 4.07. The Kier molecular flexibility index (Phi) is 4.17. The van der Waals surface area contributed by atoms with Crippen LogP contribution in [0, 0.1) is 6.92 Å². The molecule has 1 N–H and O–H groups in total. The molecule has 0 unspecified atom stereocenters. The molecule has 5 aromatic rings. The number of para-hydroxylation sites is 1. The Morgan fingerprint density at radius 2 is 1.87 bits per heavy atom. The van der Waals surface area contributed by atoms with Gasteiger partial charge in [0.05, 0.1) is 11.1 Å². The molecule has 6 nitrogen and oxygen atoms in total. The van der Waals surface area contributed by atoms with E-state index in [-0.39, 0.29) is 5.56 Å². The van der Waals surface area contributed by atoms with Crippen molar-refractivity contribution in [3.63, 3.8) is 0 Å². The highest BCUT2D eigenvalue weighted by molar-refractivity contribution is 7.18. The van der Waals surface area contributed by atoms with E-state index in [1.807, 2.05) is 47.0 Å². The van der Waals surface area contributed by atoms with Crippen molar-refractivity contribution in [2.75, 3.05) is 5.32 Å². The third-order valence-electron chi connectivity index (χ3n) is 5.85. The summed E-state index contributed by atoms with van der Waals surface area (Å²) < 4.78 is 3.37. The molecule has 1 aliphatic rings. The lowest BCUT2D eigenvalue weighted by Gasteiger charge is -2.10. The van der Waals surface area contributed by atoms with Crippen molar-refractivity contribution in [3.8, 4) is 5.69 Å². The molecule has 0 radical (unpaired) electrons. The van der Waals surface area contributed by atoms with Crippen LogP contribution in [0.25, 0.3) is 21.7 Å². The zero-order chi connectivity index (χ0) is 20.9. The summed E-state index contributed by atoms with van der Waals surface area (Å²) >= 11 is 1.66. The second kappa shape index (κ2) is 7.06. The first-order valence-electron chi connectivity index (χ1n) is 10.5. The van der Waals surface area contributed by atoms with Crippen LogP contribution in [0.3, 0.4) is 0 Å². The number of thiophene rings is 1. The maximum atomic E-state index is 13.6. The van der Waals surface area contributed by atoms with Gasteiger partial charge in [-0.15, -0.1) is 16.4 Å². The molecule has 6 rings (SSSR count). The van der Waals surface area contributed by atoms with Crippen LogP contribution in [0.4, 0.5) is 11.6 Å². The number of fused-ring (bicyclic) bond motifs is 4. The van der Waals surface area contributed by atoms with Gasteiger partial charge in [-0.25, -0.2) is 9.55 Å². The summed E-state index contributed by atoms with van der Waals surface area (Å²) in [7, 11) is 0. The summed E-state index contributed by atoms with van der Waals surface area (Å²) in [6.45, 7) is 2.05. The molecule has 0 aliphatic heterocycles. The zero-order valence-corrected chi connectivity index (χ0v) is 17.9. The van der Waals surface area contributed by atoms with Gasteiger partial charge in [0, 0.05) is 10.6 Å². The predicted octanol–water partition coefficient (Wildman–Crippen LogP) is 5.03. The maximum Gasteiger partial charge on any atom is 0.284 e. The molecule has 154 valence electrons. The normalized spacial score (nSPS) is 13.6. The number of nitrogens with zero attached hydrogens (tertiary/aromatic N) is 4. The minimum Gasteiger partial charge on any atom is -0.324 e. The number of aromatic nitrogens is 4. The van der Waals surface area contributed by atoms with Crippen molar-refractivity contribution >= 4 is 39.0 Å². The van der Waals surface area contributed by atoms with Crippen LogP contribution in [0.1, 0.15) is 28.8 Å². The Morgan fingerprint density at radius 3 is 2.71 bits per heavy atom. The molecule has 1 aliphatic carbocycles. The molecule has 0 bridgehead atoms. The topological polar surface area (TPSA) is 64.2 Å². The third-order valence-corrected chi connectivity index (χ3v) is 7.03. The molecule has 3 heterocycles. The van der Waals surface area contributed by atoms with Gasteiger partial charge in [0.25, 0.3) is 5.56 Å². The average molecular weight is 428 g/mol. The first kappa shape index (κ1) is 18.3. The molecule has 2 aromatic carbocycles. The van der Waals surface area contributed by atoms with E-state index in [1.165, 1.54) is 21.4 Å². The van der Waals surface area contributed by atoms with E-state index in [9.17, 15) is 4.79 Å². The number of rotatable bonds is 3. The molecule has 0 atom stereocenters. The van der Waals surface area contributed by atoms with Crippen LogP contribution in [0.2, 0.25) is 0 Å². The minimum absolute atomic E-state index is 0.0821. The van der Waals surface area contributed by atoms with Gasteiger partial charge >= 0.3 is 0 Å². The highest BCUT2D eigenvalue weighted by Gasteiger charge is 2.24. The molecular weight excluding hydrogens is 406 g/mol. The van der Waals surface area contributed by atoms with Crippen LogP contribution in [0.15, 0.2) is 59.4 Å². The molecule has 0 saturated carbocycles. The smallest absolute Gasteiger partial charge is 0.284 e. The zero-order valence-electron chi connectivity index (χ0n) is 17.1. The van der Waals surface area contributed by atoms with E-state index in [0.29, 0.717) is 11.7 Å². The Morgan fingerprint density at radius 1 is 1.03 bits per heavy atom. The van der Waals surface area contributed by atoms with Crippen molar-refractivity contribution in [2.45, 2.75) is 32.6 Å². The van der Waals surface area contributed by atoms with Crippen LogP contribution in [-0.4, -0.2) is 19.2 Å². The predicted molar refractivity (Wildman–Crippen MR) is 125 cm³/mol. The van der Waals surface area contributed by atoms with E-state index < -0.39 is 0 Å². The minimum atomic E-state index is -0.0821. The molecule has 0 spiro atoms. The number of aryl methyl sites for hydroxylation is 3. The largest absolute Gasteiger partial charge is 0.324 e. The van der Waals surface area contributed by atoms with Crippen molar-refractivity contribution in [1.82, 2.24) is 19.2 Å². The molecule has 0 saturated heterocycles. The van der Waals surface area contributed by atoms with Gasteiger partial charge in [0.2, 0.25) is 11.7 Å². The molecule has 3 aromatic heterocycles. The van der Waals surface area contributed by atoms with Crippen LogP contribution >= 0.6 is 11.3 Å². The fraction of sp³-hybridized carbons (Fsp3) is 0.208. The second-order valence-electron chi connectivity index (χ2n) is 8.01. The van der Waals surface area contributed by atoms with E-state index in [2.05, 4.69) is 24.4 Å². The van der Waals surface area contributed by atoms with Crippen molar-refractivity contribution in [1.29, 1.82) is 0 Å². The fourth-order valence-electron chi connectivity index (χ4n) is 4.40. The lowest BCUT2D eigenvalue weighted by molar-refractivity contribution is 0.699. The van der Waals surface area contributed by atoms with E-state index in [0.717, 1.165) is 46.4 Å². The van der Waals surface area contributed by atoms with Gasteiger partial charge in [0.1, 0.15) is 4.83 Å². The number of hydrogen-bond acceptors (Lipinski definition) is 5. The number of hydrogen-bond donors (Lipinski definition) is 1. The Balaban J connectivity index is 1.64. The molecule has 0 fully saturated rings. The Hall–Kier alpha value is -3.45. The standard InChI is InChI=1S/C24H21N5OS/c1-15-8-7-9-16(14-15)25-23-27-29-22(30)20-18-12-5-6-13-19(18)31-21(20)26-24(29)28(23)17-10-3-2-4-11-17/h2-4,7-11,14H,5-6,12-13H2,1H3,(H,25,27). The van der Waals surface area contributed by atoms with E-state index in [1.54, 1.807) is 11.3 Å². The first-order valence-corrected chi connectivity index (χ1v) is 11.4. The third kappa shape index (κ3) is 2.96. The summed E-state index contributed by atoms with van der Waals surface area (Å²) in [5.74, 6) is 1.09. The number of benzene rings is 2. The van der Waals surface area contributed by atoms with Gasteiger partial charge in [0.15, 0.2) is 0 Å². The molecule has 7 heteroatoms. The van der Waals surface area contributed by atoms with Gasteiger partial charge < -0.3 is 5.32 Å². The van der Waals surface area contributed by atoms with E-state index in [4.69, 9.17) is 10.1 Å². The van der Waals surface area contributed by atoms with Crippen molar-refractivity contribution in [2.24, 2.45) is 0 Å². The maximum absolute atomic E-state index is 13.6. The highest BCUT2D eigenvalue weighted by atomic mass is 32.1. The SMILES string of the molecule is Cc1cccc(Nc2nn3c(=O)c4c5c(sc4nc3n2-c2ccccc2)CCCC5)c1. The van der Waals surface area contributed by atoms with Crippen LogP contribution < -0.4 is 10.9 Å². The summed E-state index contributed by atoms with van der Waals surface area (Å²) in [5, 5.41) is 8.83. The van der Waals surface area contributed by atoms with Gasteiger partial charge in [-0.1, -0.05) is 30.3 Å². The highest BCUT2D eigenvalue weighted by Crippen LogP contribution is 2.34. The summed E-state index contributed by atoms with van der Waals surface area (Å²) in [6, 6.07) is 18.0. The molecule has 0 amide bonds. The first-order chi connectivity index (χ1) is 15.2. The number of anilines is 2. The van der Waals surface area contributed by atoms with Crippen molar-refractivity contribution < 1.29 is 0 Å². The van der Waals surface area contributed by atoms with Crippen molar-refractivity contribution in [3.05, 3.63) is 81.0 Å². The molecule has 31 heavy (non-hydrogen) atoms. The lowest BCUT2D eigenvalue weighted by atomic mass is 9.97.